The number of hydrogen-bond donors (Lipinski definition) is 1. The third kappa shape index (κ3) is 4.22. The maximum atomic E-state index is 12.8. The van der Waals surface area contributed by atoms with Gasteiger partial charge in [-0.3, -0.25) is 4.63 Å². The molecule has 12 heteroatoms. The number of H-pyrrole nitrogens is 1. The van der Waals surface area contributed by atoms with Crippen LogP contribution in [0.2, 0.25) is 0 Å². The quantitative estimate of drug-likeness (QED) is 0.189. The first-order valence-corrected chi connectivity index (χ1v) is 12.4. The van der Waals surface area contributed by atoms with Gasteiger partial charge in [-0.1, -0.05) is 36.4 Å². The number of aromatic nitrogens is 4. The molecule has 0 amide bonds. The van der Waals surface area contributed by atoms with Crippen LogP contribution in [-0.2, 0) is 14.6 Å². The largest absolute Gasteiger partial charge is 0.461 e. The van der Waals surface area contributed by atoms with Gasteiger partial charge in [-0.05, 0) is 36.1 Å². The van der Waals surface area contributed by atoms with E-state index in [4.69, 9.17) is 9.47 Å². The molecule has 0 radical (unpaired) electrons. The second-order valence-electron chi connectivity index (χ2n) is 7.88. The van der Waals surface area contributed by atoms with Crippen LogP contribution in [0.1, 0.15) is 22.6 Å². The van der Waals surface area contributed by atoms with Gasteiger partial charge in [0.05, 0.1) is 34.5 Å². The number of nitrogens with zero attached hydrogens (tertiary/aromatic N) is 3. The van der Waals surface area contributed by atoms with Gasteiger partial charge in [0.1, 0.15) is 5.69 Å². The average Bonchev–Trinajstić information content (AvgIpc) is 3.45. The highest BCUT2D eigenvalue weighted by Crippen LogP contribution is 2.28. The molecule has 0 aliphatic heterocycles. The monoisotopic (exact) mass is 508 g/mol. The minimum atomic E-state index is -4.21. The Labute approximate surface area is 204 Å². The van der Waals surface area contributed by atoms with Crippen LogP contribution < -0.4 is 9.64 Å². The molecule has 1 N–H and O–H groups in total. The Morgan fingerprint density at radius 2 is 1.83 bits per heavy atom. The number of benzene rings is 2. The van der Waals surface area contributed by atoms with Crippen molar-refractivity contribution < 1.29 is 32.2 Å². The average molecular weight is 509 g/mol. The molecule has 184 valence electrons. The highest BCUT2D eigenvalue weighted by atomic mass is 32.2. The van der Waals surface area contributed by atoms with Crippen molar-refractivity contribution in [1.29, 1.82) is 0 Å². The predicted octanol–water partition coefficient (Wildman–Crippen LogP) is 3.10. The van der Waals surface area contributed by atoms with Gasteiger partial charge in [-0.15, -0.1) is 0 Å². The number of fused-ring (bicyclic) bond motifs is 3. The first-order chi connectivity index (χ1) is 17.4. The summed E-state index contributed by atoms with van der Waals surface area (Å²) in [5.74, 6) is -1.07. The third-order valence-corrected chi connectivity index (χ3v) is 7.23. The zero-order valence-corrected chi connectivity index (χ0v) is 19.8. The smallest absolute Gasteiger partial charge is 0.414 e. The van der Waals surface area contributed by atoms with Crippen molar-refractivity contribution in [3.63, 3.8) is 0 Å². The Balaban J connectivity index is 1.22. The summed E-state index contributed by atoms with van der Waals surface area (Å²) in [5.41, 5.74) is 2.64. The number of aromatic amines is 1. The molecule has 3 heterocycles. The van der Waals surface area contributed by atoms with Crippen LogP contribution in [0.15, 0.2) is 75.2 Å². The topological polar surface area (TPSA) is 151 Å². The molecular formula is C24H20N4O7S. The van der Waals surface area contributed by atoms with Crippen LogP contribution >= 0.6 is 0 Å². The number of rotatable bonds is 8. The minimum absolute atomic E-state index is 0.0263. The fraction of sp³-hybridized carbons (Fsp3) is 0.167. The number of esters is 1. The lowest BCUT2D eigenvalue weighted by atomic mass is 10.1. The number of hydrogen-bond acceptors (Lipinski definition) is 9. The van der Waals surface area contributed by atoms with E-state index in [1.165, 1.54) is 24.3 Å². The zero-order valence-electron chi connectivity index (χ0n) is 19.0. The lowest BCUT2D eigenvalue weighted by Gasteiger charge is -2.06. The number of pyridine rings is 1. The number of carbonyl (C=O) groups excluding carboxylic acids is 1. The van der Waals surface area contributed by atoms with E-state index in [0.717, 1.165) is 21.8 Å². The molecule has 0 saturated carbocycles. The summed E-state index contributed by atoms with van der Waals surface area (Å²) in [6, 6.07) is 16.8. The SMILES string of the molecule is Cc1nc(C(=O)OCCCOc2no[n+]([O-])c2S(=O)(=O)c2ccccc2)cc2c1[nH]c1ccccc12. The van der Waals surface area contributed by atoms with Gasteiger partial charge < -0.3 is 19.7 Å². The van der Waals surface area contributed by atoms with Crippen LogP contribution in [0, 0.1) is 12.1 Å². The van der Waals surface area contributed by atoms with Gasteiger partial charge in [0.2, 0.25) is 0 Å². The normalized spacial score (nSPS) is 11.7. The van der Waals surface area contributed by atoms with Crippen molar-refractivity contribution in [2.75, 3.05) is 13.2 Å². The van der Waals surface area contributed by atoms with Crippen LogP contribution in [0.3, 0.4) is 0 Å². The Hall–Kier alpha value is -4.45. The molecule has 5 rings (SSSR count). The number of para-hydroxylation sites is 1. The van der Waals surface area contributed by atoms with E-state index in [9.17, 15) is 18.4 Å². The van der Waals surface area contributed by atoms with Crippen LogP contribution in [-0.4, -0.2) is 42.7 Å². The van der Waals surface area contributed by atoms with E-state index < -0.39 is 26.7 Å². The standard InChI is InChI=1S/C24H20N4O7S/c1-15-21-18(17-10-5-6-11-19(17)26-21)14-20(25-15)24(29)34-13-7-12-33-22-23(28(30)35-27-22)36(31,32)16-8-3-2-4-9-16/h2-6,8-11,14,26H,7,12-13H2,1H3. The molecule has 5 aromatic rings. The number of nitrogens with one attached hydrogen (secondary N) is 1. The van der Waals surface area contributed by atoms with E-state index in [1.54, 1.807) is 12.1 Å². The molecule has 0 aliphatic carbocycles. The van der Waals surface area contributed by atoms with E-state index in [0.29, 0.717) is 5.69 Å². The lowest BCUT2D eigenvalue weighted by molar-refractivity contribution is -0.832. The van der Waals surface area contributed by atoms with Crippen molar-refractivity contribution in [2.24, 2.45) is 0 Å². The van der Waals surface area contributed by atoms with Crippen molar-refractivity contribution in [3.05, 3.63) is 77.3 Å². The highest BCUT2D eigenvalue weighted by Gasteiger charge is 2.35. The Kier molecular flexibility index (Phi) is 6.02. The molecule has 11 nitrogen and oxygen atoms in total. The van der Waals surface area contributed by atoms with Crippen LogP contribution in [0.5, 0.6) is 5.88 Å². The van der Waals surface area contributed by atoms with E-state index >= 15 is 0 Å². The maximum absolute atomic E-state index is 12.8. The number of ether oxygens (including phenoxy) is 2. The summed E-state index contributed by atoms with van der Waals surface area (Å²) >= 11 is 0. The second kappa shape index (κ2) is 9.30. The lowest BCUT2D eigenvalue weighted by Crippen LogP contribution is -2.31. The maximum Gasteiger partial charge on any atom is 0.414 e. The molecular weight excluding hydrogens is 488 g/mol. The summed E-state index contributed by atoms with van der Waals surface area (Å²) < 4.78 is 40.6. The van der Waals surface area contributed by atoms with E-state index in [2.05, 4.69) is 19.8 Å². The third-order valence-electron chi connectivity index (χ3n) is 5.50. The van der Waals surface area contributed by atoms with E-state index in [-0.39, 0.29) is 35.1 Å². The summed E-state index contributed by atoms with van der Waals surface area (Å²) in [6.07, 6.45) is 0.205. The Bertz CT molecular complexity index is 1680. The first-order valence-electron chi connectivity index (χ1n) is 10.9. The molecule has 0 spiro atoms. The van der Waals surface area contributed by atoms with Gasteiger partial charge in [0.25, 0.3) is 9.84 Å². The summed E-state index contributed by atoms with van der Waals surface area (Å²) in [4.78, 5) is 19.9. The summed E-state index contributed by atoms with van der Waals surface area (Å²) in [5, 5.41) is 16.4. The molecule has 36 heavy (non-hydrogen) atoms. The highest BCUT2D eigenvalue weighted by molar-refractivity contribution is 7.91. The minimum Gasteiger partial charge on any atom is -0.461 e. The van der Waals surface area contributed by atoms with Gasteiger partial charge in [0.15, 0.2) is 0 Å². The van der Waals surface area contributed by atoms with Crippen molar-refractivity contribution in [1.82, 2.24) is 15.1 Å². The van der Waals surface area contributed by atoms with Crippen molar-refractivity contribution >= 4 is 37.6 Å². The van der Waals surface area contributed by atoms with Gasteiger partial charge in [-0.2, -0.15) is 0 Å². The number of aryl methyl sites for hydroxylation is 1. The molecule has 0 unspecified atom stereocenters. The molecule has 0 bridgehead atoms. The summed E-state index contributed by atoms with van der Waals surface area (Å²) in [6.45, 7) is 1.70. The fourth-order valence-electron chi connectivity index (χ4n) is 3.82. The van der Waals surface area contributed by atoms with Crippen LogP contribution in [0.25, 0.3) is 21.8 Å². The number of carbonyl (C=O) groups is 1. The molecule has 0 saturated heterocycles. The molecule has 0 aliphatic rings. The summed E-state index contributed by atoms with van der Waals surface area (Å²) in [7, 11) is -4.21. The first kappa shape index (κ1) is 23.3. The predicted molar refractivity (Wildman–Crippen MR) is 126 cm³/mol. The molecule has 0 atom stereocenters. The van der Waals surface area contributed by atoms with Gasteiger partial charge in [0, 0.05) is 22.7 Å². The molecule has 2 aromatic carbocycles. The second-order valence-corrected chi connectivity index (χ2v) is 9.75. The van der Waals surface area contributed by atoms with Gasteiger partial charge in [-0.25, -0.2) is 18.2 Å². The van der Waals surface area contributed by atoms with Gasteiger partial charge >= 0.3 is 16.9 Å². The Morgan fingerprint density at radius 3 is 2.64 bits per heavy atom. The molecule has 3 aromatic heterocycles. The fourth-order valence-corrected chi connectivity index (χ4v) is 5.11. The number of sulfone groups is 1. The molecule has 0 fully saturated rings. The van der Waals surface area contributed by atoms with E-state index in [1.807, 2.05) is 31.2 Å². The van der Waals surface area contributed by atoms with Crippen molar-refractivity contribution in [2.45, 2.75) is 23.3 Å². The zero-order chi connectivity index (χ0) is 25.3. The van der Waals surface area contributed by atoms with Crippen LogP contribution in [0.4, 0.5) is 0 Å². The van der Waals surface area contributed by atoms with Crippen molar-refractivity contribution in [3.8, 4) is 5.88 Å². The Morgan fingerprint density at radius 1 is 1.08 bits per heavy atom.